The van der Waals surface area contributed by atoms with Crippen LogP contribution in [0.25, 0.3) is 0 Å². The highest BCUT2D eigenvalue weighted by Gasteiger charge is 2.43. The number of aromatic hydroxyl groups is 1. The summed E-state index contributed by atoms with van der Waals surface area (Å²) in [7, 11) is 0. The molecular formula is C65H96N16O14S. The number of aliphatic hydroxyl groups is 1. The van der Waals surface area contributed by atoms with Crippen molar-refractivity contribution in [2.45, 2.75) is 183 Å². The predicted molar refractivity (Wildman–Crippen MR) is 354 cm³/mol. The Labute approximate surface area is 563 Å². The van der Waals surface area contributed by atoms with Gasteiger partial charge in [-0.25, -0.2) is 9.78 Å². The van der Waals surface area contributed by atoms with Crippen molar-refractivity contribution in [3.8, 4) is 5.75 Å². The van der Waals surface area contributed by atoms with E-state index < -0.39 is 89.7 Å². The number of aromatic nitrogens is 5. The van der Waals surface area contributed by atoms with Crippen LogP contribution in [0.3, 0.4) is 0 Å². The Bertz CT molecular complexity index is 3110. The summed E-state index contributed by atoms with van der Waals surface area (Å²) >= 11 is 1.87. The van der Waals surface area contributed by atoms with Crippen LogP contribution in [-0.2, 0) is 84.8 Å². The number of benzene rings is 2. The Morgan fingerprint density at radius 1 is 0.688 bits per heavy atom. The van der Waals surface area contributed by atoms with Gasteiger partial charge in [0.15, 0.2) is 0 Å². The largest absolute Gasteiger partial charge is 0.508 e. The highest BCUT2D eigenvalue weighted by Crippen LogP contribution is 2.33. The molecule has 0 saturated carbocycles. The fourth-order valence-corrected chi connectivity index (χ4v) is 12.8. The van der Waals surface area contributed by atoms with E-state index in [1.807, 2.05) is 11.8 Å². The van der Waals surface area contributed by atoms with Gasteiger partial charge < -0.3 is 88.3 Å². The molecule has 2 bridgehead atoms. The Morgan fingerprint density at radius 3 is 1.97 bits per heavy atom. The topological polar surface area (TPSA) is 427 Å². The van der Waals surface area contributed by atoms with Crippen molar-refractivity contribution in [1.82, 2.24) is 78.1 Å². The maximum Gasteiger partial charge on any atom is 0.315 e. The van der Waals surface area contributed by atoms with Gasteiger partial charge in [0.05, 0.1) is 62.7 Å². The Balaban J connectivity index is 0.946. The molecule has 1 unspecified atom stereocenters. The van der Waals surface area contributed by atoms with E-state index >= 15 is 0 Å². The Kier molecular flexibility index (Phi) is 31.1. The molecule has 0 aliphatic carbocycles. The van der Waals surface area contributed by atoms with Gasteiger partial charge in [-0.05, 0) is 87.5 Å². The molecule has 30 nitrogen and oxygen atoms in total. The number of nitrogens with one attached hydrogen (secondary N) is 11. The fraction of sp³-hybridized carbons (Fsp3) is 0.600. The lowest BCUT2D eigenvalue weighted by atomic mass is 9.99. The zero-order valence-corrected chi connectivity index (χ0v) is 55.7. The number of carbonyl (C=O) groups is 9. The molecule has 2 aromatic heterocycles. The predicted octanol–water partition coefficient (Wildman–Crippen LogP) is -0.388. The maximum absolute atomic E-state index is 14.6. The van der Waals surface area contributed by atoms with Gasteiger partial charge in [-0.3, -0.25) is 43.0 Å². The van der Waals surface area contributed by atoms with E-state index in [1.54, 1.807) is 67.2 Å². The monoisotopic (exact) mass is 1360 g/mol. The molecule has 31 heteroatoms. The number of unbranched alkanes of at least 4 members (excludes halogenated alkanes) is 1. The molecule has 0 spiro atoms. The number of phenols is 1. The molecule has 5 heterocycles. The first kappa shape index (κ1) is 75.2. The number of aliphatic hydroxyl groups excluding tert-OH is 1. The Morgan fingerprint density at radius 2 is 1.30 bits per heavy atom. The number of hydrogen-bond donors (Lipinski definition) is 14. The first-order chi connectivity index (χ1) is 46.3. The molecule has 3 aliphatic heterocycles. The molecule has 11 atom stereocenters. The number of aromatic amines is 1. The highest BCUT2D eigenvalue weighted by atomic mass is 32.2. The van der Waals surface area contributed by atoms with E-state index in [2.05, 4.69) is 73.4 Å². The lowest BCUT2D eigenvalue weighted by Gasteiger charge is -2.29. The van der Waals surface area contributed by atoms with Crippen LogP contribution < -0.4 is 58.9 Å². The van der Waals surface area contributed by atoms with Gasteiger partial charge in [0.2, 0.25) is 47.3 Å². The second-order valence-corrected chi connectivity index (χ2v) is 26.1. The first-order valence-corrected chi connectivity index (χ1v) is 34.2. The number of urea groups is 1. The van der Waals surface area contributed by atoms with Gasteiger partial charge in [0, 0.05) is 94.0 Å². The SMILES string of the molecule is CC(C)C[C@@H]1NC(=O)[C@H](Cc2ccc(O)cc2)NC(=O)[C@H](Cc2ccccc2)NC(=O)[C@@H](N)Cc2cn(nn2)CCCC[C@@H](C(=O)NCCCOCCOCCOCCCNC(=O)CCCCC2SC[C@H]3NC(=O)N[C@@H]23)NC(=O)[C@H](Cc2cnc[nH]2)NC(=O)[C@H]([C@H](C)O)NC1=O. The van der Waals surface area contributed by atoms with Gasteiger partial charge in [-0.2, -0.15) is 11.8 Å². The number of carbonyl (C=O) groups excluding carboxylic acids is 9. The van der Waals surface area contributed by atoms with Crippen molar-refractivity contribution >= 4 is 65.1 Å². The second kappa shape index (κ2) is 39.7. The third kappa shape index (κ3) is 25.7. The lowest BCUT2D eigenvalue weighted by Crippen LogP contribution is -2.62. The van der Waals surface area contributed by atoms with Crippen molar-refractivity contribution in [1.29, 1.82) is 0 Å². The minimum Gasteiger partial charge on any atom is -0.508 e. The van der Waals surface area contributed by atoms with Crippen LogP contribution in [0.4, 0.5) is 4.79 Å². The molecule has 4 aromatic rings. The van der Waals surface area contributed by atoms with Crippen LogP contribution in [0.1, 0.15) is 107 Å². The normalized spacial score (nSPS) is 23.8. The average Bonchev–Trinajstić information content (AvgIpc) is 1.59. The summed E-state index contributed by atoms with van der Waals surface area (Å²) in [5.74, 6) is -4.72. The van der Waals surface area contributed by atoms with Crippen LogP contribution in [0.5, 0.6) is 5.75 Å². The molecule has 15 N–H and O–H groups in total. The third-order valence-electron chi connectivity index (χ3n) is 16.4. The van der Waals surface area contributed by atoms with Crippen molar-refractivity contribution in [2.24, 2.45) is 11.7 Å². The number of thioether (sulfide) groups is 1. The van der Waals surface area contributed by atoms with E-state index in [0.717, 1.165) is 25.0 Å². The van der Waals surface area contributed by atoms with Gasteiger partial charge in [0.25, 0.3) is 0 Å². The zero-order chi connectivity index (χ0) is 68.8. The van der Waals surface area contributed by atoms with Gasteiger partial charge >= 0.3 is 6.03 Å². The number of phenolic OH excluding ortho intramolecular Hbond substituents is 1. The van der Waals surface area contributed by atoms with E-state index in [4.69, 9.17) is 19.9 Å². The summed E-state index contributed by atoms with van der Waals surface area (Å²) in [6, 6.07) is 5.70. The van der Waals surface area contributed by atoms with Gasteiger partial charge in [-0.1, -0.05) is 67.9 Å². The molecule has 3 aliphatic rings. The highest BCUT2D eigenvalue weighted by molar-refractivity contribution is 8.00. The van der Waals surface area contributed by atoms with Crippen molar-refractivity contribution < 1.29 is 67.6 Å². The summed E-state index contributed by atoms with van der Waals surface area (Å²) in [5, 5.41) is 58.2. The van der Waals surface area contributed by atoms with Crippen LogP contribution in [-0.4, -0.2) is 213 Å². The summed E-state index contributed by atoms with van der Waals surface area (Å²) in [5.41, 5.74) is 8.48. The number of H-pyrrole nitrogens is 1. The second-order valence-electron chi connectivity index (χ2n) is 24.8. The van der Waals surface area contributed by atoms with Crippen LogP contribution >= 0.6 is 11.8 Å². The molecule has 10 amide bonds. The van der Waals surface area contributed by atoms with Gasteiger partial charge in [-0.15, -0.1) is 5.10 Å². The average molecular weight is 1360 g/mol. The van der Waals surface area contributed by atoms with Crippen LogP contribution in [0.2, 0.25) is 0 Å². The summed E-state index contributed by atoms with van der Waals surface area (Å²) < 4.78 is 18.6. The molecule has 7 rings (SSSR count). The number of amides is 10. The van der Waals surface area contributed by atoms with Crippen molar-refractivity contribution in [3.05, 3.63) is 95.8 Å². The smallest absolute Gasteiger partial charge is 0.315 e. The molecule has 526 valence electrons. The number of aryl methyl sites for hydroxylation is 1. The fourth-order valence-electron chi connectivity index (χ4n) is 11.2. The summed E-state index contributed by atoms with van der Waals surface area (Å²) in [4.78, 5) is 131. The van der Waals surface area contributed by atoms with E-state index in [-0.39, 0.29) is 87.4 Å². The third-order valence-corrected chi connectivity index (χ3v) is 17.9. The number of nitrogens with two attached hydrogens (primary N) is 1. The first-order valence-electron chi connectivity index (χ1n) is 33.2. The number of rotatable bonds is 29. The molecule has 2 saturated heterocycles. The molecule has 0 radical (unpaired) electrons. The van der Waals surface area contributed by atoms with Crippen molar-refractivity contribution in [3.63, 3.8) is 0 Å². The minimum absolute atomic E-state index is 0.00688. The van der Waals surface area contributed by atoms with Crippen molar-refractivity contribution in [2.75, 3.05) is 58.5 Å². The number of nitrogens with zero attached hydrogens (tertiary/aromatic N) is 4. The van der Waals surface area contributed by atoms with E-state index in [1.165, 1.54) is 31.6 Å². The minimum atomic E-state index is -1.69. The van der Waals surface area contributed by atoms with Gasteiger partial charge in [0.1, 0.15) is 42.0 Å². The number of ether oxygens (including phenoxy) is 3. The van der Waals surface area contributed by atoms with E-state index in [0.29, 0.717) is 106 Å². The lowest BCUT2D eigenvalue weighted by molar-refractivity contribution is -0.137. The standard InChI is InChI=1S/C65H96N16O14S/c1-40(2)31-49-63(90)77-56(41(3)82)64(91)75-52(35-44-36-67-39-70-44)62(89)71-48(59(86)69-23-12-26-94-28-30-95-29-27-93-25-11-22-68-55(84)17-8-7-16-54-57-53(38-96-54)76-65(92)78-57)15-9-10-24-81-37-45(79-80-81)34-47(66)58(85)72-50(32-42-13-5-4-6-14-42)60(87)74-51(61(88)73-49)33-43-18-20-46(83)21-19-43/h4-6,13-14,18-21,36-37,39-41,47-54,56-57,82-83H,7-12,15-17,22-35,38,66H2,1-3H3,(H,67,70)(H,68,84)(H,69,86)(H,71,89)(H,72,85)(H,73,88)(H,74,87)(H,75,91)(H,77,90)(H2,76,78,92)/t41-,47-,48-,49-,50-,51-,52-,53+,54?,56-,57+/m0/s1. The van der Waals surface area contributed by atoms with E-state index in [9.17, 15) is 53.4 Å². The molecule has 2 aromatic carbocycles. The zero-order valence-electron chi connectivity index (χ0n) is 54.9. The summed E-state index contributed by atoms with van der Waals surface area (Å²) in [6.07, 6.45) is 7.77. The Hall–Kier alpha value is -8.23. The number of imidazole rings is 1. The maximum atomic E-state index is 14.6. The quantitative estimate of drug-likeness (QED) is 0.0243. The number of hydrogen-bond acceptors (Lipinski definition) is 19. The molecule has 96 heavy (non-hydrogen) atoms. The molecule has 2 fully saturated rings. The summed E-state index contributed by atoms with van der Waals surface area (Å²) in [6.45, 7) is 7.96. The molecular weight excluding hydrogens is 1260 g/mol. The van der Waals surface area contributed by atoms with Crippen LogP contribution in [0, 0.1) is 5.92 Å². The van der Waals surface area contributed by atoms with Crippen LogP contribution in [0.15, 0.2) is 73.3 Å². The number of fused-ring (bicyclic) bond motifs is 3.